The topological polar surface area (TPSA) is 118 Å². The predicted molar refractivity (Wildman–Crippen MR) is 80.8 cm³/mol. The van der Waals surface area contributed by atoms with Crippen LogP contribution in [0, 0.1) is 0 Å². The molecule has 0 amide bonds. The van der Waals surface area contributed by atoms with Gasteiger partial charge in [-0.3, -0.25) is 4.79 Å². The lowest BCUT2D eigenvalue weighted by Crippen LogP contribution is -2.43. The zero-order chi connectivity index (χ0) is 17.2. The van der Waals surface area contributed by atoms with Gasteiger partial charge in [-0.1, -0.05) is 6.07 Å². The number of aliphatic carboxylic acids is 1. The van der Waals surface area contributed by atoms with Gasteiger partial charge in [-0.15, -0.1) is 0 Å². The van der Waals surface area contributed by atoms with E-state index in [0.29, 0.717) is 0 Å². The molecule has 22 heavy (non-hydrogen) atoms. The largest absolute Gasteiger partial charge is 0.481 e. The number of benzene rings is 1. The number of sulfone groups is 1. The first-order valence-corrected chi connectivity index (χ1v) is 9.77. The van der Waals surface area contributed by atoms with Crippen molar-refractivity contribution in [3.63, 3.8) is 0 Å². The Labute approximate surface area is 130 Å². The summed E-state index contributed by atoms with van der Waals surface area (Å²) in [5.41, 5.74) is -0.974. The van der Waals surface area contributed by atoms with Crippen LogP contribution < -0.4 is 4.72 Å². The summed E-state index contributed by atoms with van der Waals surface area (Å²) in [6.07, 6.45) is 0.912. The first-order chi connectivity index (χ1) is 9.83. The Bertz CT molecular complexity index is 765. The van der Waals surface area contributed by atoms with Crippen LogP contribution in [0.4, 0.5) is 0 Å². The molecule has 0 radical (unpaired) electrons. The summed E-state index contributed by atoms with van der Waals surface area (Å²) in [5, 5.41) is 8.67. The fourth-order valence-corrected chi connectivity index (χ4v) is 3.99. The normalized spacial score (nSPS) is 13.0. The van der Waals surface area contributed by atoms with E-state index in [0.717, 1.165) is 12.3 Å². The Balaban J connectivity index is 3.07. The lowest BCUT2D eigenvalue weighted by molar-refractivity contribution is -0.137. The number of hydrogen-bond donors (Lipinski definition) is 2. The van der Waals surface area contributed by atoms with Gasteiger partial charge in [0.1, 0.15) is 0 Å². The molecule has 0 bridgehead atoms. The zero-order valence-corrected chi connectivity index (χ0v) is 14.2. The number of carboxylic acids is 1. The van der Waals surface area contributed by atoms with Crippen molar-refractivity contribution >= 4 is 25.8 Å². The Kier molecular flexibility index (Phi) is 5.37. The Morgan fingerprint density at radius 3 is 2.23 bits per heavy atom. The van der Waals surface area contributed by atoms with Gasteiger partial charge in [-0.05, 0) is 38.5 Å². The van der Waals surface area contributed by atoms with Gasteiger partial charge in [0, 0.05) is 18.2 Å². The molecule has 124 valence electrons. The van der Waals surface area contributed by atoms with Crippen LogP contribution in [-0.2, 0) is 24.7 Å². The summed E-state index contributed by atoms with van der Waals surface area (Å²) in [4.78, 5) is 10.3. The molecule has 0 aliphatic carbocycles. The molecule has 0 saturated heterocycles. The molecule has 0 saturated carbocycles. The van der Waals surface area contributed by atoms with Gasteiger partial charge < -0.3 is 5.11 Å². The van der Waals surface area contributed by atoms with Gasteiger partial charge in [0.05, 0.1) is 9.79 Å². The quantitative estimate of drug-likeness (QED) is 0.758. The van der Waals surface area contributed by atoms with Crippen molar-refractivity contribution < 1.29 is 26.7 Å². The van der Waals surface area contributed by atoms with Crippen LogP contribution in [0.2, 0.25) is 0 Å². The molecule has 2 N–H and O–H groups in total. The molecule has 0 aromatic heterocycles. The molecule has 1 rings (SSSR count). The van der Waals surface area contributed by atoms with Gasteiger partial charge in [0.25, 0.3) is 0 Å². The molecule has 0 atom stereocenters. The van der Waals surface area contributed by atoms with Crippen molar-refractivity contribution in [1.82, 2.24) is 4.72 Å². The predicted octanol–water partition coefficient (Wildman–Crippen LogP) is 1.01. The molecule has 7 nitrogen and oxygen atoms in total. The average Bonchev–Trinajstić information content (AvgIpc) is 2.34. The zero-order valence-electron chi connectivity index (χ0n) is 12.5. The standard InChI is InChI=1S/C13H19NO6S2/c1-13(2,8-7-12(15)16)14-22(19,20)11-6-4-5-10(9-11)21(3,17)18/h4-6,9,14H,7-8H2,1-3H3,(H,15,16). The van der Waals surface area contributed by atoms with E-state index in [4.69, 9.17) is 5.11 Å². The Morgan fingerprint density at radius 1 is 1.18 bits per heavy atom. The molecular weight excluding hydrogens is 330 g/mol. The lowest BCUT2D eigenvalue weighted by Gasteiger charge is -2.25. The fourth-order valence-electron chi connectivity index (χ4n) is 1.77. The molecule has 0 fully saturated rings. The van der Waals surface area contributed by atoms with E-state index in [1.54, 1.807) is 13.8 Å². The SMILES string of the molecule is CC(C)(CCC(=O)O)NS(=O)(=O)c1cccc(S(C)(=O)=O)c1. The minimum absolute atomic E-state index is 0.0984. The first kappa shape index (κ1) is 18.6. The van der Waals surface area contributed by atoms with E-state index >= 15 is 0 Å². The molecule has 0 aliphatic heterocycles. The summed E-state index contributed by atoms with van der Waals surface area (Å²) in [6, 6.07) is 5.01. The smallest absolute Gasteiger partial charge is 0.303 e. The van der Waals surface area contributed by atoms with Crippen LogP contribution >= 0.6 is 0 Å². The number of hydrogen-bond acceptors (Lipinski definition) is 5. The van der Waals surface area contributed by atoms with Crippen molar-refractivity contribution in [2.24, 2.45) is 0 Å². The van der Waals surface area contributed by atoms with E-state index in [-0.39, 0.29) is 22.6 Å². The highest BCUT2D eigenvalue weighted by Crippen LogP contribution is 2.19. The van der Waals surface area contributed by atoms with Crippen molar-refractivity contribution in [1.29, 1.82) is 0 Å². The second-order valence-corrected chi connectivity index (χ2v) is 9.33. The minimum Gasteiger partial charge on any atom is -0.481 e. The molecule has 9 heteroatoms. The summed E-state index contributed by atoms with van der Waals surface area (Å²) in [7, 11) is -7.48. The summed E-state index contributed by atoms with van der Waals surface area (Å²) < 4.78 is 50.0. The second kappa shape index (κ2) is 6.35. The van der Waals surface area contributed by atoms with Gasteiger partial charge in [0.2, 0.25) is 10.0 Å². The van der Waals surface area contributed by atoms with Crippen LogP contribution in [0.5, 0.6) is 0 Å². The van der Waals surface area contributed by atoms with E-state index in [1.165, 1.54) is 18.2 Å². The number of rotatable bonds is 7. The maximum Gasteiger partial charge on any atom is 0.303 e. The van der Waals surface area contributed by atoms with Crippen molar-refractivity contribution in [3.8, 4) is 0 Å². The van der Waals surface area contributed by atoms with Crippen LogP contribution in [0.15, 0.2) is 34.1 Å². The minimum atomic E-state index is -3.96. The third-order valence-electron chi connectivity index (χ3n) is 2.92. The molecule has 1 aromatic carbocycles. The number of carbonyl (C=O) groups is 1. The van der Waals surface area contributed by atoms with Crippen LogP contribution in [0.1, 0.15) is 26.7 Å². The van der Waals surface area contributed by atoms with Crippen molar-refractivity contribution in [2.75, 3.05) is 6.26 Å². The molecule has 0 unspecified atom stereocenters. The van der Waals surface area contributed by atoms with Gasteiger partial charge >= 0.3 is 5.97 Å². The van der Waals surface area contributed by atoms with E-state index in [1.807, 2.05) is 0 Å². The number of carboxylic acid groups (broad SMARTS) is 1. The monoisotopic (exact) mass is 349 g/mol. The Hall–Kier alpha value is -1.45. The Morgan fingerprint density at radius 2 is 1.73 bits per heavy atom. The molecule has 0 aliphatic rings. The summed E-state index contributed by atoms with van der Waals surface area (Å²) >= 11 is 0. The summed E-state index contributed by atoms with van der Waals surface area (Å²) in [5.74, 6) is -1.02. The number of sulfonamides is 1. The maximum atomic E-state index is 12.3. The van der Waals surface area contributed by atoms with Gasteiger partial charge in [0.15, 0.2) is 9.84 Å². The van der Waals surface area contributed by atoms with E-state index < -0.39 is 31.4 Å². The third-order valence-corrected chi connectivity index (χ3v) is 5.72. The van der Waals surface area contributed by atoms with Crippen LogP contribution in [0.25, 0.3) is 0 Å². The molecule has 1 aromatic rings. The number of nitrogens with one attached hydrogen (secondary N) is 1. The highest BCUT2D eigenvalue weighted by atomic mass is 32.2. The van der Waals surface area contributed by atoms with Gasteiger partial charge in [-0.25, -0.2) is 21.6 Å². The highest BCUT2D eigenvalue weighted by Gasteiger charge is 2.27. The summed E-state index contributed by atoms with van der Waals surface area (Å²) in [6.45, 7) is 3.13. The second-order valence-electron chi connectivity index (χ2n) is 5.63. The first-order valence-electron chi connectivity index (χ1n) is 6.39. The van der Waals surface area contributed by atoms with Crippen molar-refractivity contribution in [2.45, 2.75) is 42.0 Å². The molecule has 0 heterocycles. The maximum absolute atomic E-state index is 12.3. The van der Waals surface area contributed by atoms with Crippen LogP contribution in [0.3, 0.4) is 0 Å². The van der Waals surface area contributed by atoms with E-state index in [2.05, 4.69) is 4.72 Å². The third kappa shape index (κ3) is 5.39. The average molecular weight is 349 g/mol. The molecular formula is C13H19NO6S2. The van der Waals surface area contributed by atoms with Crippen molar-refractivity contribution in [3.05, 3.63) is 24.3 Å². The highest BCUT2D eigenvalue weighted by molar-refractivity contribution is 7.91. The molecule has 0 spiro atoms. The van der Waals surface area contributed by atoms with Gasteiger partial charge in [-0.2, -0.15) is 0 Å². The van der Waals surface area contributed by atoms with E-state index in [9.17, 15) is 21.6 Å². The lowest BCUT2D eigenvalue weighted by atomic mass is 10.0. The fraction of sp³-hybridized carbons (Fsp3) is 0.462. The van der Waals surface area contributed by atoms with Crippen LogP contribution in [-0.4, -0.2) is 39.7 Å².